The van der Waals surface area contributed by atoms with Crippen LogP contribution in [0.4, 0.5) is 0 Å². The Bertz CT molecular complexity index is 1120. The van der Waals surface area contributed by atoms with E-state index in [1.54, 1.807) is 12.1 Å². The van der Waals surface area contributed by atoms with E-state index in [2.05, 4.69) is 69.3 Å². The molecule has 156 valence electrons. The molecule has 1 atom stereocenters. The molecule has 2 nitrogen and oxygen atoms in total. The molecule has 4 rings (SSSR count). The van der Waals surface area contributed by atoms with Crippen molar-refractivity contribution in [3.63, 3.8) is 0 Å². The van der Waals surface area contributed by atoms with Crippen molar-refractivity contribution < 1.29 is 10.2 Å². The van der Waals surface area contributed by atoms with Gasteiger partial charge in [-0.15, -0.1) is 0 Å². The van der Waals surface area contributed by atoms with E-state index in [1.165, 1.54) is 16.7 Å². The maximum atomic E-state index is 10.7. The maximum absolute atomic E-state index is 10.7. The van der Waals surface area contributed by atoms with Crippen LogP contribution in [-0.2, 0) is 5.41 Å². The molecule has 0 aliphatic rings. The van der Waals surface area contributed by atoms with E-state index in [0.29, 0.717) is 0 Å². The topological polar surface area (TPSA) is 40.5 Å². The largest absolute Gasteiger partial charge is 0.508 e. The van der Waals surface area contributed by atoms with E-state index in [4.69, 9.17) is 0 Å². The summed E-state index contributed by atoms with van der Waals surface area (Å²) in [6.07, 6.45) is 0. The second-order valence-corrected chi connectivity index (χ2v) is 8.46. The third-order valence-corrected chi connectivity index (χ3v) is 6.37. The summed E-state index contributed by atoms with van der Waals surface area (Å²) in [5.74, 6) is 0.505. The van der Waals surface area contributed by atoms with Crippen molar-refractivity contribution in [1.29, 1.82) is 0 Å². The molecule has 0 aliphatic heterocycles. The van der Waals surface area contributed by atoms with Crippen LogP contribution in [0, 0.1) is 27.7 Å². The standard InChI is InChI=1S/C29H28O2/c1-19-5-9-23(10-6-19)29(24-13-15-27(30)16-14-24,25-11-7-20(2)22(4)17-25)26-12-8-21(3)28(31)18-26/h5-18,30-31H,1-4H3. The highest BCUT2D eigenvalue weighted by Gasteiger charge is 2.39. The number of hydrogen-bond acceptors (Lipinski definition) is 2. The summed E-state index contributed by atoms with van der Waals surface area (Å²) in [6.45, 7) is 8.23. The molecule has 2 heteroatoms. The number of phenols is 2. The molecule has 0 heterocycles. The average molecular weight is 409 g/mol. The maximum Gasteiger partial charge on any atom is 0.118 e. The molecule has 0 radical (unpaired) electrons. The van der Waals surface area contributed by atoms with Crippen LogP contribution in [0.2, 0.25) is 0 Å². The molecule has 31 heavy (non-hydrogen) atoms. The van der Waals surface area contributed by atoms with Gasteiger partial charge in [-0.3, -0.25) is 0 Å². The fourth-order valence-corrected chi connectivity index (χ4v) is 4.33. The first-order chi connectivity index (χ1) is 14.8. The number of phenolic OH excluding ortho intramolecular Hbond substituents is 2. The molecule has 0 spiro atoms. The Morgan fingerprint density at radius 3 is 1.52 bits per heavy atom. The number of aromatic hydroxyl groups is 2. The monoisotopic (exact) mass is 408 g/mol. The minimum Gasteiger partial charge on any atom is -0.508 e. The SMILES string of the molecule is Cc1ccc(C(c2ccc(O)cc2)(c2ccc(C)c(C)c2)c2ccc(C)c(O)c2)cc1. The summed E-state index contributed by atoms with van der Waals surface area (Å²) >= 11 is 0. The summed E-state index contributed by atoms with van der Waals surface area (Å²) in [4.78, 5) is 0. The zero-order chi connectivity index (χ0) is 22.2. The van der Waals surface area contributed by atoms with Gasteiger partial charge in [0.25, 0.3) is 0 Å². The van der Waals surface area contributed by atoms with Crippen LogP contribution in [0.25, 0.3) is 0 Å². The van der Waals surface area contributed by atoms with Crippen molar-refractivity contribution in [2.75, 3.05) is 0 Å². The normalized spacial score (nSPS) is 13.0. The highest BCUT2D eigenvalue weighted by atomic mass is 16.3. The highest BCUT2D eigenvalue weighted by Crippen LogP contribution is 2.47. The smallest absolute Gasteiger partial charge is 0.118 e. The first-order valence-electron chi connectivity index (χ1n) is 10.6. The zero-order valence-electron chi connectivity index (χ0n) is 18.5. The van der Waals surface area contributed by atoms with Gasteiger partial charge in [0.15, 0.2) is 0 Å². The summed E-state index contributed by atoms with van der Waals surface area (Å²) in [5, 5.41) is 20.6. The molecule has 4 aromatic carbocycles. The second-order valence-electron chi connectivity index (χ2n) is 8.46. The quantitative estimate of drug-likeness (QED) is 0.368. The van der Waals surface area contributed by atoms with Crippen LogP contribution >= 0.6 is 0 Å². The van der Waals surface area contributed by atoms with Crippen molar-refractivity contribution in [2.24, 2.45) is 0 Å². The van der Waals surface area contributed by atoms with Gasteiger partial charge in [0, 0.05) is 0 Å². The summed E-state index contributed by atoms with van der Waals surface area (Å²) in [6, 6.07) is 28.5. The highest BCUT2D eigenvalue weighted by molar-refractivity contribution is 5.62. The van der Waals surface area contributed by atoms with Gasteiger partial charge in [0.05, 0.1) is 5.41 Å². The number of benzene rings is 4. The van der Waals surface area contributed by atoms with E-state index in [9.17, 15) is 10.2 Å². The first kappa shape index (κ1) is 20.7. The van der Waals surface area contributed by atoms with Gasteiger partial charge in [-0.05, 0) is 84.8 Å². The van der Waals surface area contributed by atoms with Crippen LogP contribution in [0.1, 0.15) is 44.5 Å². The molecule has 4 aromatic rings. The predicted octanol–water partition coefficient (Wildman–Crippen LogP) is 6.71. The van der Waals surface area contributed by atoms with E-state index in [0.717, 1.165) is 27.8 Å². The molecule has 2 N–H and O–H groups in total. The summed E-state index contributed by atoms with van der Waals surface area (Å²) < 4.78 is 0. The molecule has 0 aromatic heterocycles. The number of aryl methyl sites for hydroxylation is 4. The van der Waals surface area contributed by atoms with E-state index < -0.39 is 5.41 Å². The van der Waals surface area contributed by atoms with Crippen LogP contribution in [0.3, 0.4) is 0 Å². The van der Waals surface area contributed by atoms with Crippen LogP contribution in [0.15, 0.2) is 84.9 Å². The molecule has 0 saturated carbocycles. The molecular formula is C29H28O2. The lowest BCUT2D eigenvalue weighted by molar-refractivity contribution is 0.469. The molecule has 0 saturated heterocycles. The number of rotatable bonds is 4. The Labute approximate surface area is 184 Å². The Hall–Kier alpha value is -3.52. The molecule has 0 bridgehead atoms. The summed E-state index contributed by atoms with van der Waals surface area (Å²) in [5.41, 5.74) is 8.06. The van der Waals surface area contributed by atoms with Gasteiger partial charge in [-0.1, -0.05) is 72.3 Å². The fraction of sp³-hybridized carbons (Fsp3) is 0.172. The second kappa shape index (κ2) is 7.96. The molecule has 0 fully saturated rings. The molecule has 0 aliphatic carbocycles. The third kappa shape index (κ3) is 3.59. The van der Waals surface area contributed by atoms with Gasteiger partial charge in [0.1, 0.15) is 11.5 Å². The van der Waals surface area contributed by atoms with Crippen LogP contribution in [0.5, 0.6) is 11.5 Å². The van der Waals surface area contributed by atoms with Crippen LogP contribution in [-0.4, -0.2) is 10.2 Å². The molecule has 1 unspecified atom stereocenters. The van der Waals surface area contributed by atoms with Gasteiger partial charge < -0.3 is 10.2 Å². The predicted molar refractivity (Wildman–Crippen MR) is 127 cm³/mol. The van der Waals surface area contributed by atoms with Crippen molar-refractivity contribution in [3.05, 3.63) is 129 Å². The first-order valence-corrected chi connectivity index (χ1v) is 10.6. The Kier molecular flexibility index (Phi) is 5.32. The third-order valence-electron chi connectivity index (χ3n) is 6.37. The minimum absolute atomic E-state index is 0.230. The van der Waals surface area contributed by atoms with E-state index in [-0.39, 0.29) is 11.5 Å². The van der Waals surface area contributed by atoms with Gasteiger partial charge in [-0.25, -0.2) is 0 Å². The van der Waals surface area contributed by atoms with Crippen LogP contribution < -0.4 is 0 Å². The van der Waals surface area contributed by atoms with Crippen molar-refractivity contribution in [2.45, 2.75) is 33.1 Å². The molecular weight excluding hydrogens is 380 g/mol. The number of hydrogen-bond donors (Lipinski definition) is 2. The lowest BCUT2D eigenvalue weighted by atomic mass is 9.64. The Morgan fingerprint density at radius 1 is 0.484 bits per heavy atom. The molecule has 0 amide bonds. The lowest BCUT2D eigenvalue weighted by Gasteiger charge is -2.37. The Balaban J connectivity index is 2.16. The minimum atomic E-state index is -0.648. The summed E-state index contributed by atoms with van der Waals surface area (Å²) in [7, 11) is 0. The zero-order valence-corrected chi connectivity index (χ0v) is 18.5. The lowest BCUT2D eigenvalue weighted by Crippen LogP contribution is -2.31. The Morgan fingerprint density at radius 2 is 0.968 bits per heavy atom. The van der Waals surface area contributed by atoms with Crippen molar-refractivity contribution in [1.82, 2.24) is 0 Å². The van der Waals surface area contributed by atoms with Crippen molar-refractivity contribution >= 4 is 0 Å². The van der Waals surface area contributed by atoms with Crippen molar-refractivity contribution in [3.8, 4) is 11.5 Å². The average Bonchev–Trinajstić information content (AvgIpc) is 2.76. The van der Waals surface area contributed by atoms with Gasteiger partial charge in [0.2, 0.25) is 0 Å². The van der Waals surface area contributed by atoms with Gasteiger partial charge in [-0.2, -0.15) is 0 Å². The fourth-order valence-electron chi connectivity index (χ4n) is 4.33. The van der Waals surface area contributed by atoms with E-state index >= 15 is 0 Å². The van der Waals surface area contributed by atoms with Gasteiger partial charge >= 0.3 is 0 Å². The van der Waals surface area contributed by atoms with E-state index in [1.807, 2.05) is 31.2 Å².